The molecule has 1 aromatic carbocycles. The van der Waals surface area contributed by atoms with Crippen LogP contribution >= 0.6 is 0 Å². The molecule has 2 aromatic heterocycles. The second-order valence-corrected chi connectivity index (χ2v) is 11.7. The number of methoxy groups -OCH3 is 1. The van der Waals surface area contributed by atoms with Crippen molar-refractivity contribution in [2.24, 2.45) is 5.41 Å². The third-order valence-corrected chi connectivity index (χ3v) is 8.13. The first-order valence-electron chi connectivity index (χ1n) is 16.2. The highest BCUT2D eigenvalue weighted by molar-refractivity contribution is 5.95. The molecule has 0 aliphatic carbocycles. The SMILES string of the molecule is CCOC(=O)C1(CCOC)CNC(=O)CCCN(C(=O)c2cnc(-c3cccnc3)nc2C)CCCNC(=O)COc2ccc(cc2)C1. The van der Waals surface area contributed by atoms with Gasteiger partial charge in [-0.05, 0) is 69.4 Å². The second-order valence-electron chi connectivity index (χ2n) is 11.7. The van der Waals surface area contributed by atoms with Gasteiger partial charge < -0.3 is 29.7 Å². The van der Waals surface area contributed by atoms with Gasteiger partial charge in [-0.1, -0.05) is 12.1 Å². The molecule has 3 aromatic rings. The van der Waals surface area contributed by atoms with E-state index in [2.05, 4.69) is 25.6 Å². The molecular formula is C35H44N6O7. The molecule has 0 radical (unpaired) electrons. The standard InChI is InChI=1S/C35H44N6O7/c1-4-47-34(45)35(14-19-46-3)20-26-10-12-28(13-11-26)48-23-31(43)37-16-7-18-41(17-6-9-30(42)39-24-35)33(44)29-22-38-32(40-25(29)2)27-8-5-15-36-21-27/h5,8,10-13,15,21-22H,4,6-7,9,14,16-20,23-24H2,1-3H3,(H,37,43)(H,39,42). The van der Waals surface area contributed by atoms with Crippen LogP contribution in [0.2, 0.25) is 0 Å². The lowest BCUT2D eigenvalue weighted by Crippen LogP contribution is -2.46. The summed E-state index contributed by atoms with van der Waals surface area (Å²) < 4.78 is 16.5. The van der Waals surface area contributed by atoms with Gasteiger partial charge in [-0.3, -0.25) is 24.2 Å². The zero-order chi connectivity index (χ0) is 34.4. The molecule has 5 rings (SSSR count). The Kier molecular flexibility index (Phi) is 13.4. The maximum Gasteiger partial charge on any atom is 0.314 e. The third-order valence-electron chi connectivity index (χ3n) is 8.13. The topological polar surface area (TPSA) is 162 Å². The van der Waals surface area contributed by atoms with Gasteiger partial charge in [0.25, 0.3) is 11.8 Å². The fourth-order valence-corrected chi connectivity index (χ4v) is 5.44. The molecule has 2 bridgehead atoms. The predicted octanol–water partition coefficient (Wildman–Crippen LogP) is 2.91. The number of pyridine rings is 1. The van der Waals surface area contributed by atoms with E-state index in [1.54, 1.807) is 56.4 Å². The number of carbonyl (C=O) groups excluding carboxylic acids is 4. The average molecular weight is 661 g/mol. The van der Waals surface area contributed by atoms with Crippen LogP contribution in [0.1, 0.15) is 54.2 Å². The van der Waals surface area contributed by atoms with Gasteiger partial charge in [0.15, 0.2) is 12.4 Å². The summed E-state index contributed by atoms with van der Waals surface area (Å²) in [6, 6.07) is 10.8. The van der Waals surface area contributed by atoms with Crippen molar-refractivity contribution in [2.75, 3.05) is 53.1 Å². The van der Waals surface area contributed by atoms with Crippen molar-refractivity contribution >= 4 is 23.7 Å². The van der Waals surface area contributed by atoms with Crippen LogP contribution in [0.5, 0.6) is 5.75 Å². The second kappa shape index (κ2) is 17.9. The summed E-state index contributed by atoms with van der Waals surface area (Å²) in [7, 11) is 1.56. The summed E-state index contributed by atoms with van der Waals surface area (Å²) in [5, 5.41) is 5.78. The number of amides is 3. The molecule has 4 heterocycles. The average Bonchev–Trinajstić information content (AvgIpc) is 3.10. The highest BCUT2D eigenvalue weighted by atomic mass is 16.5. The fourth-order valence-electron chi connectivity index (χ4n) is 5.44. The van der Waals surface area contributed by atoms with E-state index >= 15 is 0 Å². The minimum Gasteiger partial charge on any atom is -0.484 e. The van der Waals surface area contributed by atoms with Crippen LogP contribution in [0.4, 0.5) is 0 Å². The highest BCUT2D eigenvalue weighted by Gasteiger charge is 2.40. The summed E-state index contributed by atoms with van der Waals surface area (Å²) in [6.07, 6.45) is 6.42. The van der Waals surface area contributed by atoms with Crippen LogP contribution in [0.3, 0.4) is 0 Å². The van der Waals surface area contributed by atoms with Crippen molar-refractivity contribution in [2.45, 2.75) is 46.0 Å². The van der Waals surface area contributed by atoms with Crippen LogP contribution in [0.25, 0.3) is 11.4 Å². The van der Waals surface area contributed by atoms with Crippen molar-refractivity contribution in [3.63, 3.8) is 0 Å². The molecule has 3 amide bonds. The fraction of sp³-hybridized carbons (Fsp3) is 0.457. The number of aryl methyl sites for hydroxylation is 1. The molecule has 13 nitrogen and oxygen atoms in total. The van der Waals surface area contributed by atoms with Gasteiger partial charge in [0.2, 0.25) is 5.91 Å². The molecule has 0 saturated carbocycles. The molecule has 0 spiro atoms. The summed E-state index contributed by atoms with van der Waals surface area (Å²) in [5.41, 5.74) is 1.36. The van der Waals surface area contributed by atoms with Gasteiger partial charge in [0.1, 0.15) is 5.75 Å². The summed E-state index contributed by atoms with van der Waals surface area (Å²) in [4.78, 5) is 67.5. The first-order chi connectivity index (χ1) is 23.2. The Balaban J connectivity index is 1.54. The van der Waals surface area contributed by atoms with Crippen LogP contribution in [0.15, 0.2) is 55.0 Å². The van der Waals surface area contributed by atoms with E-state index in [0.717, 1.165) is 11.1 Å². The van der Waals surface area contributed by atoms with Gasteiger partial charge in [-0.15, -0.1) is 0 Å². The van der Waals surface area contributed by atoms with E-state index in [1.807, 2.05) is 18.2 Å². The van der Waals surface area contributed by atoms with Crippen molar-refractivity contribution in [3.8, 4) is 17.1 Å². The Morgan fingerprint density at radius 3 is 2.54 bits per heavy atom. The first-order valence-corrected chi connectivity index (χ1v) is 16.2. The number of rotatable bonds is 7. The predicted molar refractivity (Wildman–Crippen MR) is 177 cm³/mol. The summed E-state index contributed by atoms with van der Waals surface area (Å²) in [5.74, 6) is -0.278. The first kappa shape index (κ1) is 35.9. The Hall–Kier alpha value is -4.91. The van der Waals surface area contributed by atoms with Crippen LogP contribution in [-0.2, 0) is 30.3 Å². The van der Waals surface area contributed by atoms with Crippen molar-refractivity contribution < 1.29 is 33.4 Å². The van der Waals surface area contributed by atoms with E-state index in [0.29, 0.717) is 61.6 Å². The van der Waals surface area contributed by atoms with E-state index in [1.165, 1.54) is 6.20 Å². The molecule has 1 atom stereocenters. The maximum atomic E-state index is 13.7. The number of ether oxygens (including phenoxy) is 3. The number of esters is 1. The van der Waals surface area contributed by atoms with Crippen molar-refractivity contribution in [1.82, 2.24) is 30.5 Å². The van der Waals surface area contributed by atoms with Crippen LogP contribution in [-0.4, -0.2) is 96.7 Å². The molecule has 13 heteroatoms. The zero-order valence-electron chi connectivity index (χ0n) is 27.8. The number of hydrogen-bond donors (Lipinski definition) is 2. The quantitative estimate of drug-likeness (QED) is 0.361. The largest absolute Gasteiger partial charge is 0.484 e. The molecular weight excluding hydrogens is 616 g/mol. The minimum absolute atomic E-state index is 0.0505. The van der Waals surface area contributed by atoms with Gasteiger partial charge in [0.05, 0.1) is 23.3 Å². The van der Waals surface area contributed by atoms with Gasteiger partial charge in [-0.2, -0.15) is 0 Å². The molecule has 2 aliphatic rings. The minimum atomic E-state index is -1.08. The molecule has 256 valence electrons. The third kappa shape index (κ3) is 10.0. The number of fused-ring (bicyclic) bond motifs is 17. The molecule has 1 unspecified atom stereocenters. The van der Waals surface area contributed by atoms with Crippen molar-refractivity contribution in [1.29, 1.82) is 0 Å². The molecule has 2 N–H and O–H groups in total. The number of aromatic nitrogens is 3. The Labute approximate surface area is 280 Å². The van der Waals surface area contributed by atoms with Crippen molar-refractivity contribution in [3.05, 3.63) is 71.8 Å². The normalized spacial score (nSPS) is 18.3. The van der Waals surface area contributed by atoms with Crippen LogP contribution < -0.4 is 15.4 Å². The van der Waals surface area contributed by atoms with E-state index in [-0.39, 0.29) is 57.1 Å². The zero-order valence-corrected chi connectivity index (χ0v) is 27.8. The van der Waals surface area contributed by atoms with Gasteiger partial charge in [-0.25, -0.2) is 9.97 Å². The molecule has 48 heavy (non-hydrogen) atoms. The number of carbonyl (C=O) groups is 4. The van der Waals surface area contributed by atoms with E-state index in [4.69, 9.17) is 14.2 Å². The molecule has 2 aliphatic heterocycles. The Morgan fingerprint density at radius 1 is 1.04 bits per heavy atom. The smallest absolute Gasteiger partial charge is 0.314 e. The Morgan fingerprint density at radius 2 is 1.83 bits per heavy atom. The van der Waals surface area contributed by atoms with Crippen LogP contribution in [0, 0.1) is 12.3 Å². The molecule has 0 saturated heterocycles. The number of benzene rings is 1. The number of hydrogen-bond acceptors (Lipinski definition) is 10. The summed E-state index contributed by atoms with van der Waals surface area (Å²) >= 11 is 0. The van der Waals surface area contributed by atoms with Gasteiger partial charge in [0, 0.05) is 70.5 Å². The molecule has 0 fully saturated rings. The highest BCUT2D eigenvalue weighted by Crippen LogP contribution is 2.30. The van der Waals surface area contributed by atoms with E-state index in [9.17, 15) is 19.2 Å². The van der Waals surface area contributed by atoms with Gasteiger partial charge >= 0.3 is 5.97 Å². The maximum absolute atomic E-state index is 13.7. The van der Waals surface area contributed by atoms with E-state index < -0.39 is 11.4 Å². The summed E-state index contributed by atoms with van der Waals surface area (Å²) in [6.45, 7) is 4.79. The lowest BCUT2D eigenvalue weighted by Gasteiger charge is -2.32. The lowest BCUT2D eigenvalue weighted by molar-refractivity contribution is -0.156. The number of nitrogens with one attached hydrogen (secondary N) is 2. The monoisotopic (exact) mass is 660 g/mol. The lowest BCUT2D eigenvalue weighted by atomic mass is 9.78. The number of nitrogens with zero attached hydrogens (tertiary/aromatic N) is 4. The Bertz CT molecular complexity index is 1540.